The van der Waals surface area contributed by atoms with Crippen molar-refractivity contribution in [2.24, 2.45) is 0 Å². The molecule has 94 valence electrons. The molecular weight excluding hydrogens is 232 g/mol. The SMILES string of the molecule is CCCN(CC(=O)O)c1ccc2nccnc2n1. The fraction of sp³-hybridized carbons (Fsp3) is 0.333. The Kier molecular flexibility index (Phi) is 3.66. The van der Waals surface area contributed by atoms with E-state index in [4.69, 9.17) is 5.11 Å². The van der Waals surface area contributed by atoms with Crippen LogP contribution in [0, 0.1) is 0 Å². The number of carboxylic acid groups (broad SMARTS) is 1. The molecule has 0 radical (unpaired) electrons. The lowest BCUT2D eigenvalue weighted by atomic mass is 10.3. The van der Waals surface area contributed by atoms with Crippen LogP contribution >= 0.6 is 0 Å². The maximum atomic E-state index is 10.8. The third-order valence-electron chi connectivity index (χ3n) is 2.46. The lowest BCUT2D eigenvalue weighted by Crippen LogP contribution is -2.31. The molecule has 6 nitrogen and oxygen atoms in total. The van der Waals surface area contributed by atoms with Gasteiger partial charge in [-0.25, -0.2) is 9.97 Å². The Balaban J connectivity index is 2.34. The van der Waals surface area contributed by atoms with Crippen LogP contribution in [0.1, 0.15) is 13.3 Å². The number of pyridine rings is 1. The van der Waals surface area contributed by atoms with Gasteiger partial charge in [0.05, 0.1) is 0 Å². The minimum Gasteiger partial charge on any atom is -0.480 e. The summed E-state index contributed by atoms with van der Waals surface area (Å²) >= 11 is 0. The first-order valence-electron chi connectivity index (χ1n) is 5.75. The maximum Gasteiger partial charge on any atom is 0.323 e. The van der Waals surface area contributed by atoms with Gasteiger partial charge in [-0.1, -0.05) is 6.92 Å². The number of aromatic nitrogens is 3. The number of hydrogen-bond acceptors (Lipinski definition) is 5. The normalized spacial score (nSPS) is 10.5. The molecule has 0 aliphatic carbocycles. The summed E-state index contributed by atoms with van der Waals surface area (Å²) in [6.45, 7) is 2.58. The van der Waals surface area contributed by atoms with Crippen molar-refractivity contribution >= 4 is 23.0 Å². The number of rotatable bonds is 5. The van der Waals surface area contributed by atoms with Crippen LogP contribution in [-0.2, 0) is 4.79 Å². The number of carboxylic acids is 1. The average molecular weight is 246 g/mol. The Hall–Kier alpha value is -2.24. The second kappa shape index (κ2) is 5.39. The lowest BCUT2D eigenvalue weighted by molar-refractivity contribution is -0.135. The zero-order valence-electron chi connectivity index (χ0n) is 10.1. The molecule has 0 unspecified atom stereocenters. The summed E-state index contributed by atoms with van der Waals surface area (Å²) in [4.78, 5) is 25.1. The molecule has 2 aromatic rings. The van der Waals surface area contributed by atoms with E-state index in [9.17, 15) is 4.79 Å². The molecule has 0 fully saturated rings. The number of anilines is 1. The van der Waals surface area contributed by atoms with E-state index >= 15 is 0 Å². The molecule has 18 heavy (non-hydrogen) atoms. The Bertz CT molecular complexity index is 559. The van der Waals surface area contributed by atoms with Crippen molar-refractivity contribution in [2.45, 2.75) is 13.3 Å². The van der Waals surface area contributed by atoms with Gasteiger partial charge in [-0.2, -0.15) is 0 Å². The van der Waals surface area contributed by atoms with E-state index in [0.717, 1.165) is 6.42 Å². The highest BCUT2D eigenvalue weighted by molar-refractivity contribution is 5.75. The van der Waals surface area contributed by atoms with Gasteiger partial charge in [-0.15, -0.1) is 0 Å². The van der Waals surface area contributed by atoms with Crippen LogP contribution in [0.4, 0.5) is 5.82 Å². The predicted octanol–water partition coefficient (Wildman–Crippen LogP) is 1.33. The summed E-state index contributed by atoms with van der Waals surface area (Å²) in [6, 6.07) is 3.57. The molecule has 0 bridgehead atoms. The Morgan fingerprint density at radius 3 is 2.83 bits per heavy atom. The molecule has 2 aromatic heterocycles. The fourth-order valence-electron chi connectivity index (χ4n) is 1.73. The summed E-state index contributed by atoms with van der Waals surface area (Å²) in [6.07, 6.45) is 4.03. The van der Waals surface area contributed by atoms with Gasteiger partial charge in [0.2, 0.25) is 0 Å². The van der Waals surface area contributed by atoms with Crippen LogP contribution in [0.3, 0.4) is 0 Å². The second-order valence-electron chi connectivity index (χ2n) is 3.88. The van der Waals surface area contributed by atoms with Crippen molar-refractivity contribution in [3.8, 4) is 0 Å². The van der Waals surface area contributed by atoms with Gasteiger partial charge in [0.15, 0.2) is 5.65 Å². The highest BCUT2D eigenvalue weighted by Crippen LogP contribution is 2.15. The van der Waals surface area contributed by atoms with Gasteiger partial charge in [0.25, 0.3) is 0 Å². The van der Waals surface area contributed by atoms with Crippen molar-refractivity contribution in [1.29, 1.82) is 0 Å². The van der Waals surface area contributed by atoms with Gasteiger partial charge in [-0.3, -0.25) is 9.78 Å². The summed E-state index contributed by atoms with van der Waals surface area (Å²) in [5.74, 6) is -0.253. The smallest absolute Gasteiger partial charge is 0.323 e. The third kappa shape index (κ3) is 2.71. The second-order valence-corrected chi connectivity index (χ2v) is 3.88. The number of aliphatic carboxylic acids is 1. The molecular formula is C12H14N4O2. The Labute approximate surface area is 104 Å². The number of hydrogen-bond donors (Lipinski definition) is 1. The van der Waals surface area contributed by atoms with Gasteiger partial charge in [0.1, 0.15) is 17.9 Å². The van der Waals surface area contributed by atoms with E-state index < -0.39 is 5.97 Å². The first-order chi connectivity index (χ1) is 8.70. The molecule has 2 heterocycles. The Morgan fingerprint density at radius 1 is 1.33 bits per heavy atom. The van der Waals surface area contributed by atoms with Crippen LogP contribution in [0.5, 0.6) is 0 Å². The van der Waals surface area contributed by atoms with E-state index in [-0.39, 0.29) is 6.54 Å². The third-order valence-corrected chi connectivity index (χ3v) is 2.46. The predicted molar refractivity (Wildman–Crippen MR) is 67.5 cm³/mol. The van der Waals surface area contributed by atoms with Crippen LogP contribution in [0.25, 0.3) is 11.2 Å². The van der Waals surface area contributed by atoms with Crippen molar-refractivity contribution in [3.63, 3.8) is 0 Å². The van der Waals surface area contributed by atoms with Crippen LogP contribution < -0.4 is 4.90 Å². The monoisotopic (exact) mass is 246 g/mol. The molecule has 2 rings (SSSR count). The van der Waals surface area contributed by atoms with Crippen molar-refractivity contribution in [2.75, 3.05) is 18.0 Å². The number of fused-ring (bicyclic) bond motifs is 1. The topological polar surface area (TPSA) is 79.2 Å². The van der Waals surface area contributed by atoms with E-state index in [1.807, 2.05) is 6.92 Å². The first kappa shape index (κ1) is 12.2. The molecule has 6 heteroatoms. The number of carbonyl (C=O) groups is 1. The molecule has 0 aliphatic rings. The van der Waals surface area contributed by atoms with E-state index in [1.165, 1.54) is 0 Å². The van der Waals surface area contributed by atoms with E-state index in [1.54, 1.807) is 29.4 Å². The van der Waals surface area contributed by atoms with Gasteiger partial charge in [0, 0.05) is 18.9 Å². The Morgan fingerprint density at radius 2 is 2.11 bits per heavy atom. The van der Waals surface area contributed by atoms with E-state index in [0.29, 0.717) is 23.5 Å². The summed E-state index contributed by atoms with van der Waals surface area (Å²) in [7, 11) is 0. The molecule has 0 aliphatic heterocycles. The quantitative estimate of drug-likeness (QED) is 0.857. The van der Waals surface area contributed by atoms with Crippen molar-refractivity contribution in [1.82, 2.24) is 15.0 Å². The summed E-state index contributed by atoms with van der Waals surface area (Å²) in [5.41, 5.74) is 1.23. The highest BCUT2D eigenvalue weighted by Gasteiger charge is 2.11. The first-order valence-corrected chi connectivity index (χ1v) is 5.75. The lowest BCUT2D eigenvalue weighted by Gasteiger charge is -2.20. The highest BCUT2D eigenvalue weighted by atomic mass is 16.4. The van der Waals surface area contributed by atoms with Crippen LogP contribution in [-0.4, -0.2) is 39.1 Å². The largest absolute Gasteiger partial charge is 0.480 e. The van der Waals surface area contributed by atoms with Crippen LogP contribution in [0.15, 0.2) is 24.5 Å². The molecule has 0 aromatic carbocycles. The molecule has 0 saturated heterocycles. The van der Waals surface area contributed by atoms with Gasteiger partial charge >= 0.3 is 5.97 Å². The zero-order valence-corrected chi connectivity index (χ0v) is 10.1. The maximum absolute atomic E-state index is 10.8. The standard InChI is InChI=1S/C12H14N4O2/c1-2-7-16(8-11(17)18)10-4-3-9-12(15-10)14-6-5-13-9/h3-6H,2,7-8H2,1H3,(H,17,18). The number of nitrogens with zero attached hydrogens (tertiary/aromatic N) is 4. The molecule has 0 spiro atoms. The molecule has 1 N–H and O–H groups in total. The zero-order chi connectivity index (χ0) is 13.0. The molecule has 0 saturated carbocycles. The fourth-order valence-corrected chi connectivity index (χ4v) is 1.73. The van der Waals surface area contributed by atoms with Gasteiger partial charge < -0.3 is 10.0 Å². The summed E-state index contributed by atoms with van der Waals surface area (Å²) < 4.78 is 0. The van der Waals surface area contributed by atoms with E-state index in [2.05, 4.69) is 15.0 Å². The average Bonchev–Trinajstić information content (AvgIpc) is 2.37. The van der Waals surface area contributed by atoms with Crippen molar-refractivity contribution < 1.29 is 9.90 Å². The minimum absolute atomic E-state index is 0.0629. The van der Waals surface area contributed by atoms with Crippen LogP contribution in [0.2, 0.25) is 0 Å². The van der Waals surface area contributed by atoms with Gasteiger partial charge in [-0.05, 0) is 18.6 Å². The molecule has 0 amide bonds. The minimum atomic E-state index is -0.871. The molecule has 0 atom stereocenters. The summed E-state index contributed by atoms with van der Waals surface area (Å²) in [5, 5.41) is 8.89. The van der Waals surface area contributed by atoms with Crippen molar-refractivity contribution in [3.05, 3.63) is 24.5 Å².